The average Bonchev–Trinajstić information content (AvgIpc) is 2.44. The van der Waals surface area contributed by atoms with E-state index in [2.05, 4.69) is 0 Å². The number of hydrogen-bond donors (Lipinski definition) is 2. The van der Waals surface area contributed by atoms with Crippen molar-refractivity contribution in [3.05, 3.63) is 70.8 Å². The van der Waals surface area contributed by atoms with E-state index in [1.807, 2.05) is 0 Å². The number of aliphatic carboxylic acids is 1. The molecule has 0 radical (unpaired) electrons. The van der Waals surface area contributed by atoms with E-state index in [1.165, 1.54) is 0 Å². The SMILES string of the molecule is O=C(O)C(O)(c1cccc(F)c1F)c1cccc(F)c1F. The third-order valence-electron chi connectivity index (χ3n) is 2.99. The van der Waals surface area contributed by atoms with Crippen molar-refractivity contribution in [3.8, 4) is 0 Å². The molecule has 7 heteroatoms. The van der Waals surface area contributed by atoms with Gasteiger partial charge in [-0.15, -0.1) is 0 Å². The Kier molecular flexibility index (Phi) is 3.69. The van der Waals surface area contributed by atoms with E-state index in [1.54, 1.807) is 0 Å². The van der Waals surface area contributed by atoms with Crippen LogP contribution in [0.25, 0.3) is 0 Å². The van der Waals surface area contributed by atoms with Crippen molar-refractivity contribution >= 4 is 5.97 Å². The van der Waals surface area contributed by atoms with E-state index >= 15 is 0 Å². The van der Waals surface area contributed by atoms with Crippen LogP contribution in [0.4, 0.5) is 17.6 Å². The van der Waals surface area contributed by atoms with Crippen LogP contribution in [0.3, 0.4) is 0 Å². The number of hydrogen-bond acceptors (Lipinski definition) is 2. The average molecular weight is 300 g/mol. The third-order valence-corrected chi connectivity index (χ3v) is 2.99. The van der Waals surface area contributed by atoms with Gasteiger partial charge in [0.2, 0.25) is 5.60 Å². The van der Waals surface area contributed by atoms with Crippen LogP contribution < -0.4 is 0 Å². The number of carboxylic acid groups (broad SMARTS) is 1. The molecule has 0 unspecified atom stereocenters. The Balaban J connectivity index is 2.81. The van der Waals surface area contributed by atoms with Crippen LogP contribution in [0, 0.1) is 23.3 Å². The van der Waals surface area contributed by atoms with Gasteiger partial charge >= 0.3 is 5.97 Å². The smallest absolute Gasteiger partial charge is 0.345 e. The summed E-state index contributed by atoms with van der Waals surface area (Å²) in [4.78, 5) is 11.3. The molecule has 0 heterocycles. The molecule has 0 aromatic heterocycles. The standard InChI is InChI=1S/C14H8F4O3/c15-9-5-1-3-7(11(9)17)14(21,13(19)20)8-4-2-6-10(16)12(8)18/h1-6,21H,(H,19,20). The first-order valence-electron chi connectivity index (χ1n) is 5.65. The first kappa shape index (κ1) is 15.0. The second-order valence-corrected chi connectivity index (χ2v) is 4.22. The summed E-state index contributed by atoms with van der Waals surface area (Å²) in [5.41, 5.74) is -5.32. The van der Waals surface area contributed by atoms with E-state index < -0.39 is 46.0 Å². The molecule has 0 atom stereocenters. The predicted molar refractivity (Wildman–Crippen MR) is 63.4 cm³/mol. The fourth-order valence-corrected chi connectivity index (χ4v) is 1.94. The summed E-state index contributed by atoms with van der Waals surface area (Å²) in [6.45, 7) is 0. The quantitative estimate of drug-likeness (QED) is 0.857. The van der Waals surface area contributed by atoms with Gasteiger partial charge in [-0.25, -0.2) is 22.4 Å². The molecule has 0 aliphatic rings. The molecule has 0 saturated heterocycles. The number of benzene rings is 2. The first-order chi connectivity index (χ1) is 9.80. The van der Waals surface area contributed by atoms with Crippen molar-refractivity contribution in [2.24, 2.45) is 0 Å². The Hall–Kier alpha value is -2.41. The minimum Gasteiger partial charge on any atom is -0.479 e. The Morgan fingerprint density at radius 3 is 1.57 bits per heavy atom. The van der Waals surface area contributed by atoms with Crippen molar-refractivity contribution in [1.82, 2.24) is 0 Å². The van der Waals surface area contributed by atoms with Crippen molar-refractivity contribution in [1.29, 1.82) is 0 Å². The zero-order valence-electron chi connectivity index (χ0n) is 10.3. The van der Waals surface area contributed by atoms with Crippen LogP contribution in [0.5, 0.6) is 0 Å². The lowest BCUT2D eigenvalue weighted by Crippen LogP contribution is -2.39. The van der Waals surface area contributed by atoms with Gasteiger partial charge in [0, 0.05) is 11.1 Å². The Morgan fingerprint density at radius 1 is 0.857 bits per heavy atom. The van der Waals surface area contributed by atoms with E-state index in [-0.39, 0.29) is 0 Å². The molecule has 2 rings (SSSR count). The van der Waals surface area contributed by atoms with Crippen molar-refractivity contribution in [2.45, 2.75) is 5.60 Å². The second kappa shape index (κ2) is 5.17. The zero-order valence-corrected chi connectivity index (χ0v) is 10.3. The number of aliphatic hydroxyl groups is 1. The van der Waals surface area contributed by atoms with Crippen molar-refractivity contribution in [3.63, 3.8) is 0 Å². The summed E-state index contributed by atoms with van der Waals surface area (Å²) >= 11 is 0. The van der Waals surface area contributed by atoms with Crippen LogP contribution in [-0.2, 0) is 10.4 Å². The van der Waals surface area contributed by atoms with E-state index in [4.69, 9.17) is 5.11 Å². The van der Waals surface area contributed by atoms with E-state index in [9.17, 15) is 27.5 Å². The maximum Gasteiger partial charge on any atom is 0.345 e. The molecule has 0 spiro atoms. The zero-order chi connectivity index (χ0) is 15.8. The number of halogens is 4. The van der Waals surface area contributed by atoms with Crippen LogP contribution >= 0.6 is 0 Å². The lowest BCUT2D eigenvalue weighted by Gasteiger charge is -2.25. The predicted octanol–water partition coefficient (Wildman–Crippen LogP) is 2.56. The van der Waals surface area contributed by atoms with E-state index in [0.29, 0.717) is 12.1 Å². The third kappa shape index (κ3) is 2.25. The van der Waals surface area contributed by atoms with Crippen LogP contribution in [0.1, 0.15) is 11.1 Å². The van der Waals surface area contributed by atoms with Gasteiger partial charge in [-0.1, -0.05) is 24.3 Å². The summed E-state index contributed by atoms with van der Waals surface area (Å²) in [5.74, 6) is -8.25. The monoisotopic (exact) mass is 300 g/mol. The molecule has 2 N–H and O–H groups in total. The van der Waals surface area contributed by atoms with Gasteiger partial charge in [0.05, 0.1) is 0 Å². The Morgan fingerprint density at radius 2 is 1.24 bits per heavy atom. The highest BCUT2D eigenvalue weighted by molar-refractivity contribution is 5.83. The maximum absolute atomic E-state index is 13.8. The number of carbonyl (C=O) groups is 1. The van der Waals surface area contributed by atoms with Gasteiger partial charge in [-0.05, 0) is 12.1 Å². The molecule has 0 amide bonds. The van der Waals surface area contributed by atoms with Crippen molar-refractivity contribution < 1.29 is 32.6 Å². The van der Waals surface area contributed by atoms with Gasteiger partial charge in [-0.3, -0.25) is 0 Å². The van der Waals surface area contributed by atoms with E-state index in [0.717, 1.165) is 24.3 Å². The summed E-state index contributed by atoms with van der Waals surface area (Å²) in [6, 6.07) is 4.83. The van der Waals surface area contributed by atoms with Crippen LogP contribution in [-0.4, -0.2) is 16.2 Å². The Bertz CT molecular complexity index is 664. The molecule has 2 aromatic rings. The number of carboxylic acids is 1. The molecule has 0 fully saturated rings. The molecule has 0 bridgehead atoms. The molecule has 110 valence electrons. The van der Waals surface area contributed by atoms with Crippen LogP contribution in [0.15, 0.2) is 36.4 Å². The second-order valence-electron chi connectivity index (χ2n) is 4.22. The van der Waals surface area contributed by atoms with Gasteiger partial charge in [0.15, 0.2) is 23.3 Å². The molecular formula is C14H8F4O3. The minimum absolute atomic E-state index is 0.697. The molecule has 21 heavy (non-hydrogen) atoms. The lowest BCUT2D eigenvalue weighted by atomic mass is 9.85. The fraction of sp³-hybridized carbons (Fsp3) is 0.0714. The number of rotatable bonds is 3. The highest BCUT2D eigenvalue weighted by atomic mass is 19.2. The van der Waals surface area contributed by atoms with Gasteiger partial charge < -0.3 is 10.2 Å². The summed E-state index contributed by atoms with van der Waals surface area (Å²) in [6.07, 6.45) is 0. The summed E-state index contributed by atoms with van der Waals surface area (Å²) in [7, 11) is 0. The molecule has 2 aromatic carbocycles. The summed E-state index contributed by atoms with van der Waals surface area (Å²) < 4.78 is 54.0. The van der Waals surface area contributed by atoms with Gasteiger partial charge in [-0.2, -0.15) is 0 Å². The van der Waals surface area contributed by atoms with Gasteiger partial charge in [0.25, 0.3) is 0 Å². The van der Waals surface area contributed by atoms with Crippen molar-refractivity contribution in [2.75, 3.05) is 0 Å². The van der Waals surface area contributed by atoms with Crippen LogP contribution in [0.2, 0.25) is 0 Å². The Labute approximate surface area is 116 Å². The normalized spacial score (nSPS) is 11.5. The molecule has 0 aliphatic heterocycles. The fourth-order valence-electron chi connectivity index (χ4n) is 1.94. The minimum atomic E-state index is -3.27. The first-order valence-corrected chi connectivity index (χ1v) is 5.65. The van der Waals surface area contributed by atoms with Gasteiger partial charge in [0.1, 0.15) is 0 Å². The summed E-state index contributed by atoms with van der Waals surface area (Å²) in [5, 5.41) is 19.4. The maximum atomic E-state index is 13.8. The molecule has 0 saturated carbocycles. The largest absolute Gasteiger partial charge is 0.479 e. The lowest BCUT2D eigenvalue weighted by molar-refractivity contribution is -0.155. The molecule has 0 aliphatic carbocycles. The highest BCUT2D eigenvalue weighted by Crippen LogP contribution is 2.34. The topological polar surface area (TPSA) is 57.5 Å². The molecule has 3 nitrogen and oxygen atoms in total. The molecular weight excluding hydrogens is 292 g/mol. The highest BCUT2D eigenvalue weighted by Gasteiger charge is 2.45.